The van der Waals surface area contributed by atoms with Crippen molar-refractivity contribution in [3.63, 3.8) is 0 Å². The average molecular weight is 394 g/mol. The van der Waals surface area contributed by atoms with E-state index in [1.807, 2.05) is 42.6 Å². The molecule has 1 heterocycles. The summed E-state index contributed by atoms with van der Waals surface area (Å²) in [5.74, 6) is 0. The van der Waals surface area contributed by atoms with Crippen LogP contribution in [0.4, 0.5) is 10.5 Å². The lowest BCUT2D eigenvalue weighted by Crippen LogP contribution is -2.35. The molecule has 0 unspecified atom stereocenters. The normalized spacial score (nSPS) is 10.5. The molecule has 28 heavy (non-hydrogen) atoms. The van der Waals surface area contributed by atoms with Crippen LogP contribution >= 0.6 is 11.6 Å². The highest BCUT2D eigenvalue weighted by Gasteiger charge is 2.15. The fraction of sp³-hybridized carbons (Fsp3) is 0.174. The molecule has 0 spiro atoms. The average Bonchev–Trinajstić information content (AvgIpc) is 3.10. The van der Waals surface area contributed by atoms with E-state index < -0.39 is 0 Å². The fourth-order valence-electron chi connectivity index (χ4n) is 3.06. The van der Waals surface area contributed by atoms with Gasteiger partial charge in [0.2, 0.25) is 0 Å². The molecule has 0 saturated heterocycles. The molecule has 0 radical (unpaired) electrons. The zero-order valence-electron chi connectivity index (χ0n) is 15.9. The molecule has 1 aromatic heterocycles. The number of halogens is 1. The van der Waals surface area contributed by atoms with Crippen LogP contribution in [0.15, 0.2) is 79.5 Å². The van der Waals surface area contributed by atoms with Crippen LogP contribution in [0.25, 0.3) is 0 Å². The van der Waals surface area contributed by atoms with Gasteiger partial charge in [-0.3, -0.25) is 0 Å². The van der Waals surface area contributed by atoms with Crippen LogP contribution in [0.3, 0.4) is 0 Å². The number of aryl methyl sites for hydroxylation is 1. The third-order valence-corrected chi connectivity index (χ3v) is 4.83. The van der Waals surface area contributed by atoms with Gasteiger partial charge in [-0.15, -0.1) is 6.58 Å². The molecular weight excluding hydrogens is 370 g/mol. The molecule has 0 aliphatic rings. The van der Waals surface area contributed by atoms with Gasteiger partial charge in [-0.2, -0.15) is 0 Å². The lowest BCUT2D eigenvalue weighted by molar-refractivity contribution is 0.214. The van der Waals surface area contributed by atoms with Gasteiger partial charge in [-0.25, -0.2) is 4.79 Å². The van der Waals surface area contributed by atoms with Crippen molar-refractivity contribution in [1.29, 1.82) is 0 Å². The Labute approximate surface area is 171 Å². The number of amides is 2. The molecule has 0 atom stereocenters. The van der Waals surface area contributed by atoms with Crippen molar-refractivity contribution in [3.8, 4) is 0 Å². The van der Waals surface area contributed by atoms with Crippen molar-refractivity contribution >= 4 is 23.3 Å². The lowest BCUT2D eigenvalue weighted by atomic mass is 10.1. The van der Waals surface area contributed by atoms with Crippen molar-refractivity contribution in [2.45, 2.75) is 20.0 Å². The molecule has 3 rings (SSSR count). The SMILES string of the molecule is C=CCN(Cc1cccn1Cc1ccccc1C)C(=O)Nc1cccc(Cl)c1. The zero-order valence-corrected chi connectivity index (χ0v) is 16.7. The highest BCUT2D eigenvalue weighted by atomic mass is 35.5. The van der Waals surface area contributed by atoms with Crippen LogP contribution in [0.2, 0.25) is 5.02 Å². The Morgan fingerprint density at radius 2 is 2.00 bits per heavy atom. The van der Waals surface area contributed by atoms with E-state index in [2.05, 4.69) is 35.5 Å². The van der Waals surface area contributed by atoms with Gasteiger partial charge in [0.15, 0.2) is 0 Å². The molecule has 2 aromatic carbocycles. The number of benzene rings is 2. The summed E-state index contributed by atoms with van der Waals surface area (Å²) in [5.41, 5.74) is 4.25. The molecular formula is C23H24ClN3O. The van der Waals surface area contributed by atoms with Gasteiger partial charge in [-0.05, 0) is 48.4 Å². The Bertz CT molecular complexity index is 964. The van der Waals surface area contributed by atoms with Gasteiger partial charge >= 0.3 is 6.03 Å². The molecule has 2 amide bonds. The van der Waals surface area contributed by atoms with E-state index in [0.717, 1.165) is 12.2 Å². The van der Waals surface area contributed by atoms with Crippen LogP contribution in [-0.4, -0.2) is 22.0 Å². The number of urea groups is 1. The van der Waals surface area contributed by atoms with E-state index in [1.165, 1.54) is 11.1 Å². The second-order valence-corrected chi connectivity index (χ2v) is 7.10. The Balaban J connectivity index is 1.74. The van der Waals surface area contributed by atoms with Gasteiger partial charge in [0.05, 0.1) is 6.54 Å². The number of nitrogens with zero attached hydrogens (tertiary/aromatic N) is 2. The summed E-state index contributed by atoms with van der Waals surface area (Å²) in [7, 11) is 0. The number of nitrogens with one attached hydrogen (secondary N) is 1. The van der Waals surface area contributed by atoms with Gasteiger partial charge < -0.3 is 14.8 Å². The number of anilines is 1. The zero-order chi connectivity index (χ0) is 19.9. The van der Waals surface area contributed by atoms with E-state index >= 15 is 0 Å². The van der Waals surface area contributed by atoms with Crippen molar-refractivity contribution in [2.75, 3.05) is 11.9 Å². The van der Waals surface area contributed by atoms with Gasteiger partial charge in [-0.1, -0.05) is 48.0 Å². The molecule has 1 N–H and O–H groups in total. The number of carbonyl (C=O) groups excluding carboxylic acids is 1. The Hall–Kier alpha value is -2.98. The maximum atomic E-state index is 12.8. The van der Waals surface area contributed by atoms with Gasteiger partial charge in [0.25, 0.3) is 0 Å². The maximum absolute atomic E-state index is 12.8. The summed E-state index contributed by atoms with van der Waals surface area (Å²) >= 11 is 6.01. The fourth-order valence-corrected chi connectivity index (χ4v) is 3.25. The third-order valence-electron chi connectivity index (χ3n) is 4.59. The van der Waals surface area contributed by atoms with Crippen LogP contribution in [0.1, 0.15) is 16.8 Å². The summed E-state index contributed by atoms with van der Waals surface area (Å²) in [6.07, 6.45) is 3.77. The molecule has 0 aliphatic carbocycles. The van der Waals surface area contributed by atoms with E-state index in [0.29, 0.717) is 23.8 Å². The van der Waals surface area contributed by atoms with E-state index in [9.17, 15) is 4.79 Å². The second-order valence-electron chi connectivity index (χ2n) is 6.66. The molecule has 3 aromatic rings. The summed E-state index contributed by atoms with van der Waals surface area (Å²) in [4.78, 5) is 14.5. The summed E-state index contributed by atoms with van der Waals surface area (Å²) in [5, 5.41) is 3.49. The second kappa shape index (κ2) is 9.29. The number of carbonyl (C=O) groups is 1. The number of aromatic nitrogens is 1. The molecule has 5 heteroatoms. The van der Waals surface area contributed by atoms with Crippen molar-refractivity contribution in [2.24, 2.45) is 0 Å². The maximum Gasteiger partial charge on any atom is 0.322 e. The highest BCUT2D eigenvalue weighted by Crippen LogP contribution is 2.17. The molecule has 0 saturated carbocycles. The van der Waals surface area contributed by atoms with Crippen LogP contribution < -0.4 is 5.32 Å². The van der Waals surface area contributed by atoms with E-state index in [-0.39, 0.29) is 6.03 Å². The number of hydrogen-bond donors (Lipinski definition) is 1. The van der Waals surface area contributed by atoms with Crippen molar-refractivity contribution in [3.05, 3.63) is 101 Å². The Morgan fingerprint density at radius 1 is 1.18 bits per heavy atom. The summed E-state index contributed by atoms with van der Waals surface area (Å²) in [6, 6.07) is 19.3. The predicted octanol–water partition coefficient (Wildman–Crippen LogP) is 5.72. The first kappa shape index (κ1) is 19.8. The number of rotatable bonds is 7. The van der Waals surface area contributed by atoms with Crippen LogP contribution in [0, 0.1) is 6.92 Å². The van der Waals surface area contributed by atoms with Crippen molar-refractivity contribution in [1.82, 2.24) is 9.47 Å². The minimum Gasteiger partial charge on any atom is -0.345 e. The van der Waals surface area contributed by atoms with Crippen LogP contribution in [-0.2, 0) is 13.1 Å². The third kappa shape index (κ3) is 5.05. The minimum absolute atomic E-state index is 0.189. The molecule has 0 fully saturated rings. The number of hydrogen-bond acceptors (Lipinski definition) is 1. The largest absolute Gasteiger partial charge is 0.345 e. The first-order chi connectivity index (χ1) is 13.6. The topological polar surface area (TPSA) is 37.3 Å². The quantitative estimate of drug-likeness (QED) is 0.512. The standard InChI is InChI=1S/C23H24ClN3O/c1-3-13-27(23(28)25-21-11-6-10-20(24)15-21)17-22-12-7-14-26(22)16-19-9-5-4-8-18(19)2/h3-12,14-15H,1,13,16-17H2,2H3,(H,25,28). The van der Waals surface area contributed by atoms with E-state index in [1.54, 1.807) is 23.1 Å². The Morgan fingerprint density at radius 3 is 2.75 bits per heavy atom. The molecule has 144 valence electrons. The Kier molecular flexibility index (Phi) is 6.56. The van der Waals surface area contributed by atoms with Crippen LogP contribution in [0.5, 0.6) is 0 Å². The minimum atomic E-state index is -0.189. The first-order valence-corrected chi connectivity index (χ1v) is 9.55. The lowest BCUT2D eigenvalue weighted by Gasteiger charge is -2.23. The van der Waals surface area contributed by atoms with E-state index in [4.69, 9.17) is 11.6 Å². The highest BCUT2D eigenvalue weighted by molar-refractivity contribution is 6.30. The first-order valence-electron chi connectivity index (χ1n) is 9.17. The smallest absolute Gasteiger partial charge is 0.322 e. The van der Waals surface area contributed by atoms with Gasteiger partial charge in [0, 0.05) is 35.7 Å². The van der Waals surface area contributed by atoms with Gasteiger partial charge in [0.1, 0.15) is 0 Å². The monoisotopic (exact) mass is 393 g/mol. The summed E-state index contributed by atoms with van der Waals surface area (Å²) in [6.45, 7) is 7.60. The molecule has 0 bridgehead atoms. The molecule has 0 aliphatic heterocycles. The summed E-state index contributed by atoms with van der Waals surface area (Å²) < 4.78 is 2.17. The van der Waals surface area contributed by atoms with Crippen molar-refractivity contribution < 1.29 is 4.79 Å². The molecule has 4 nitrogen and oxygen atoms in total. The predicted molar refractivity (Wildman–Crippen MR) is 116 cm³/mol.